The zero-order valence-electron chi connectivity index (χ0n) is 17.0. The van der Waals surface area contributed by atoms with Crippen LogP contribution in [0.3, 0.4) is 0 Å². The maximum absolute atomic E-state index is 11.6. The lowest BCUT2D eigenvalue weighted by Crippen LogP contribution is -2.42. The van der Waals surface area contributed by atoms with Gasteiger partial charge in [0.05, 0.1) is 0 Å². The summed E-state index contributed by atoms with van der Waals surface area (Å²) >= 11 is 0. The monoisotopic (exact) mass is 371 g/mol. The molecule has 0 aliphatic carbocycles. The summed E-state index contributed by atoms with van der Waals surface area (Å²) in [6, 6.07) is 6.47. The largest absolute Gasteiger partial charge is 0.361 e. The van der Waals surface area contributed by atoms with Crippen molar-refractivity contribution in [1.29, 1.82) is 0 Å². The molecule has 148 valence electrons. The Morgan fingerprint density at radius 3 is 2.59 bits per heavy atom. The smallest absolute Gasteiger partial charge is 0.222 e. The molecular weight excluding hydrogens is 338 g/mol. The zero-order valence-corrected chi connectivity index (χ0v) is 17.0. The number of hydrogen-bond acceptors (Lipinski definition) is 2. The Kier molecular flexibility index (Phi) is 8.17. The van der Waals surface area contributed by atoms with E-state index in [1.54, 1.807) is 0 Å². The summed E-state index contributed by atoms with van der Waals surface area (Å²) in [5, 5.41) is 10.7. The van der Waals surface area contributed by atoms with Crippen molar-refractivity contribution in [3.05, 3.63) is 35.5 Å². The second-order valence-corrected chi connectivity index (χ2v) is 6.89. The maximum atomic E-state index is 11.6. The maximum Gasteiger partial charge on any atom is 0.222 e. The predicted molar refractivity (Wildman–Crippen MR) is 113 cm³/mol. The Labute approximate surface area is 162 Å². The number of carbonyl (C=O) groups excluding carboxylic acids is 1. The molecule has 1 amide bonds. The number of carbonyl (C=O) groups is 1. The first kappa shape index (κ1) is 20.8. The van der Waals surface area contributed by atoms with E-state index in [0.29, 0.717) is 19.6 Å². The van der Waals surface area contributed by atoms with E-state index in [4.69, 9.17) is 0 Å². The van der Waals surface area contributed by atoms with Crippen LogP contribution in [-0.2, 0) is 17.6 Å². The molecule has 1 aromatic heterocycles. The number of nitrogens with one attached hydrogen (secondary N) is 4. The summed E-state index contributed by atoms with van der Waals surface area (Å²) in [7, 11) is 0. The number of guanidine groups is 1. The van der Waals surface area contributed by atoms with Crippen LogP contribution in [-0.4, -0.2) is 43.0 Å². The molecule has 0 spiro atoms. The normalized spacial score (nSPS) is 11.8. The fourth-order valence-electron chi connectivity index (χ4n) is 2.98. The van der Waals surface area contributed by atoms with Crippen molar-refractivity contribution in [3.8, 4) is 0 Å². The van der Waals surface area contributed by atoms with Crippen LogP contribution in [0.4, 0.5) is 0 Å². The number of nitrogens with zero attached hydrogens (tertiary/aromatic N) is 1. The van der Waals surface area contributed by atoms with Crippen LogP contribution in [0.1, 0.15) is 38.8 Å². The molecule has 0 saturated carbocycles. The van der Waals surface area contributed by atoms with E-state index in [2.05, 4.69) is 57.2 Å². The Hall–Kier alpha value is -2.50. The minimum absolute atomic E-state index is 0.0105. The average molecular weight is 372 g/mol. The molecule has 0 radical (unpaired) electrons. The zero-order chi connectivity index (χ0) is 19.6. The number of aromatic nitrogens is 1. The van der Waals surface area contributed by atoms with Crippen LogP contribution in [0, 0.1) is 5.92 Å². The average Bonchev–Trinajstić information content (AvgIpc) is 3.08. The van der Waals surface area contributed by atoms with Crippen molar-refractivity contribution in [2.45, 2.75) is 40.5 Å². The van der Waals surface area contributed by atoms with Crippen LogP contribution in [0.25, 0.3) is 10.9 Å². The van der Waals surface area contributed by atoms with Crippen LogP contribution in [0.5, 0.6) is 0 Å². The first-order valence-corrected chi connectivity index (χ1v) is 9.94. The van der Waals surface area contributed by atoms with Gasteiger partial charge in [-0.1, -0.05) is 39.0 Å². The van der Waals surface area contributed by atoms with Crippen molar-refractivity contribution in [2.24, 2.45) is 10.9 Å². The summed E-state index contributed by atoms with van der Waals surface area (Å²) < 4.78 is 0. The third kappa shape index (κ3) is 6.01. The van der Waals surface area contributed by atoms with Gasteiger partial charge in [-0.05, 0) is 30.9 Å². The molecule has 0 aliphatic rings. The van der Waals surface area contributed by atoms with Crippen molar-refractivity contribution >= 4 is 22.8 Å². The SMILES string of the molecule is CCNC(=NCCc1c[nH]c2c(CC)cccc12)NCCNC(=O)C(C)C. The summed E-state index contributed by atoms with van der Waals surface area (Å²) in [5.41, 5.74) is 3.88. The molecule has 0 aliphatic heterocycles. The van der Waals surface area contributed by atoms with Crippen molar-refractivity contribution < 1.29 is 4.79 Å². The number of rotatable bonds is 9. The first-order chi connectivity index (χ1) is 13.1. The van der Waals surface area contributed by atoms with Gasteiger partial charge in [-0.15, -0.1) is 0 Å². The van der Waals surface area contributed by atoms with Crippen LogP contribution < -0.4 is 16.0 Å². The Balaban J connectivity index is 1.88. The van der Waals surface area contributed by atoms with Gasteiger partial charge < -0.3 is 20.9 Å². The minimum Gasteiger partial charge on any atom is -0.361 e. The molecule has 0 bridgehead atoms. The molecule has 4 N–H and O–H groups in total. The number of fused-ring (bicyclic) bond motifs is 1. The fraction of sp³-hybridized carbons (Fsp3) is 0.524. The van der Waals surface area contributed by atoms with E-state index in [1.165, 1.54) is 22.0 Å². The second kappa shape index (κ2) is 10.6. The Morgan fingerprint density at radius 2 is 1.89 bits per heavy atom. The third-order valence-electron chi connectivity index (χ3n) is 4.50. The quantitative estimate of drug-likeness (QED) is 0.311. The lowest BCUT2D eigenvalue weighted by Gasteiger charge is -2.12. The van der Waals surface area contributed by atoms with E-state index < -0.39 is 0 Å². The van der Waals surface area contributed by atoms with Crippen molar-refractivity contribution in [3.63, 3.8) is 0 Å². The summed E-state index contributed by atoms with van der Waals surface area (Å²) in [4.78, 5) is 19.7. The van der Waals surface area contributed by atoms with E-state index >= 15 is 0 Å². The van der Waals surface area contributed by atoms with Gasteiger partial charge in [-0.3, -0.25) is 9.79 Å². The van der Waals surface area contributed by atoms with Gasteiger partial charge in [0.15, 0.2) is 5.96 Å². The predicted octanol–water partition coefficient (Wildman–Crippen LogP) is 2.60. The molecule has 27 heavy (non-hydrogen) atoms. The highest BCUT2D eigenvalue weighted by Crippen LogP contribution is 2.22. The van der Waals surface area contributed by atoms with Crippen molar-refractivity contribution in [2.75, 3.05) is 26.2 Å². The van der Waals surface area contributed by atoms with Gasteiger partial charge in [0, 0.05) is 49.2 Å². The van der Waals surface area contributed by atoms with Gasteiger partial charge in [0.2, 0.25) is 5.91 Å². The molecule has 2 rings (SSSR count). The van der Waals surface area contributed by atoms with Crippen LogP contribution >= 0.6 is 0 Å². The summed E-state index contributed by atoms with van der Waals surface area (Å²) in [6.45, 7) is 10.8. The summed E-state index contributed by atoms with van der Waals surface area (Å²) in [5.74, 6) is 0.867. The number of hydrogen-bond donors (Lipinski definition) is 4. The van der Waals surface area contributed by atoms with Gasteiger partial charge in [0.25, 0.3) is 0 Å². The number of benzene rings is 1. The van der Waals surface area contributed by atoms with Crippen molar-refractivity contribution in [1.82, 2.24) is 20.9 Å². The number of aliphatic imine (C=N–C) groups is 1. The minimum atomic E-state index is 0.0105. The van der Waals surface area contributed by atoms with E-state index in [-0.39, 0.29) is 11.8 Å². The topological polar surface area (TPSA) is 81.3 Å². The number of aryl methyl sites for hydroxylation is 1. The number of amides is 1. The lowest BCUT2D eigenvalue weighted by atomic mass is 10.1. The highest BCUT2D eigenvalue weighted by Gasteiger charge is 2.07. The van der Waals surface area contributed by atoms with Crippen LogP contribution in [0.15, 0.2) is 29.4 Å². The highest BCUT2D eigenvalue weighted by atomic mass is 16.1. The fourth-order valence-corrected chi connectivity index (χ4v) is 2.98. The van der Waals surface area contributed by atoms with E-state index in [9.17, 15) is 4.79 Å². The molecule has 0 saturated heterocycles. The molecule has 1 aromatic carbocycles. The highest BCUT2D eigenvalue weighted by molar-refractivity contribution is 5.86. The molecule has 0 fully saturated rings. The molecule has 0 atom stereocenters. The number of H-pyrrole nitrogens is 1. The van der Waals surface area contributed by atoms with Gasteiger partial charge >= 0.3 is 0 Å². The van der Waals surface area contributed by atoms with Crippen LogP contribution in [0.2, 0.25) is 0 Å². The number of aromatic amines is 1. The molecule has 6 nitrogen and oxygen atoms in total. The van der Waals surface area contributed by atoms with E-state index in [1.807, 2.05) is 20.8 Å². The third-order valence-corrected chi connectivity index (χ3v) is 4.50. The Bertz CT molecular complexity index is 763. The van der Waals surface area contributed by atoms with Gasteiger partial charge in [0.1, 0.15) is 0 Å². The molecule has 6 heteroatoms. The van der Waals surface area contributed by atoms with Gasteiger partial charge in [-0.25, -0.2) is 0 Å². The van der Waals surface area contributed by atoms with E-state index in [0.717, 1.165) is 25.3 Å². The molecule has 0 unspecified atom stereocenters. The lowest BCUT2D eigenvalue weighted by molar-refractivity contribution is -0.123. The molecular formula is C21H33N5O. The standard InChI is InChI=1S/C21H33N5O/c1-5-16-8-7-9-18-17(14-26-19(16)18)10-11-24-21(22-6-2)25-13-12-23-20(27)15(3)4/h7-9,14-15,26H,5-6,10-13H2,1-4H3,(H,23,27)(H2,22,24,25). The Morgan fingerprint density at radius 1 is 1.11 bits per heavy atom. The molecule has 2 aromatic rings. The second-order valence-electron chi connectivity index (χ2n) is 6.89. The number of para-hydroxylation sites is 1. The summed E-state index contributed by atoms with van der Waals surface area (Å²) in [6.07, 6.45) is 4.01. The molecule has 1 heterocycles. The van der Waals surface area contributed by atoms with Gasteiger partial charge in [-0.2, -0.15) is 0 Å². The first-order valence-electron chi connectivity index (χ1n) is 9.94.